The molecule has 110 valence electrons. The van der Waals surface area contributed by atoms with Crippen LogP contribution in [-0.4, -0.2) is 19.9 Å². The van der Waals surface area contributed by atoms with Gasteiger partial charge in [-0.2, -0.15) is 12.8 Å². The molecular weight excluding hydrogens is 310 g/mol. The highest BCUT2D eigenvalue weighted by molar-refractivity contribution is 7.90. The Morgan fingerprint density at radius 2 is 1.62 bits per heavy atom. The zero-order valence-electron chi connectivity index (χ0n) is 11.8. The predicted molar refractivity (Wildman–Crippen MR) is 83.1 cm³/mol. The molecule has 1 aliphatic rings. The molecule has 4 nitrogen and oxygen atoms in total. The quantitative estimate of drug-likeness (QED) is 0.785. The highest BCUT2D eigenvalue weighted by Gasteiger charge is 2.23. The molecule has 0 heterocycles. The molecule has 6 heteroatoms. The van der Waals surface area contributed by atoms with E-state index < -0.39 is 10.0 Å². The smallest absolute Gasteiger partial charge is 0.282 e. The minimum Gasteiger partial charge on any atom is -0.288 e. The molecule has 0 aliphatic heterocycles. The summed E-state index contributed by atoms with van der Waals surface area (Å²) < 4.78 is 28.5. The minimum absolute atomic E-state index is 0.00143. The lowest BCUT2D eigenvalue weighted by Crippen LogP contribution is -2.16. The van der Waals surface area contributed by atoms with E-state index in [1.54, 1.807) is 26.0 Å². The van der Waals surface area contributed by atoms with Gasteiger partial charge in [-0.3, -0.25) is 4.79 Å². The average Bonchev–Trinajstić information content (AvgIpc) is 2.42. The van der Waals surface area contributed by atoms with E-state index in [-0.39, 0.29) is 21.4 Å². The Morgan fingerprint density at radius 3 is 2.19 bits per heavy atom. The summed E-state index contributed by atoms with van der Waals surface area (Å²) in [4.78, 5) is 11.7. The van der Waals surface area contributed by atoms with E-state index in [1.807, 2.05) is 6.92 Å². The number of hydrogen-bond donors (Lipinski definition) is 0. The molecule has 0 bridgehead atoms. The lowest BCUT2D eigenvalue weighted by atomic mass is 9.97. The molecule has 0 N–H and O–H groups in total. The number of rotatable bonds is 2. The fourth-order valence-electron chi connectivity index (χ4n) is 1.94. The number of ketones is 1. The van der Waals surface area contributed by atoms with Crippen molar-refractivity contribution in [3.63, 3.8) is 0 Å². The van der Waals surface area contributed by atoms with E-state index >= 15 is 0 Å². The normalized spacial score (nSPS) is 18.2. The van der Waals surface area contributed by atoms with Gasteiger partial charge in [-0.15, -0.1) is 0 Å². The molecule has 0 aromatic heterocycles. The lowest BCUT2D eigenvalue weighted by Gasteiger charge is -2.14. The minimum atomic E-state index is -3.84. The van der Waals surface area contributed by atoms with E-state index in [9.17, 15) is 13.2 Å². The Labute approximate surface area is 128 Å². The second-order valence-corrected chi connectivity index (χ2v) is 6.84. The molecule has 0 spiro atoms. The van der Waals surface area contributed by atoms with Gasteiger partial charge in [0.2, 0.25) is 0 Å². The molecule has 0 atom stereocenters. The van der Waals surface area contributed by atoms with Gasteiger partial charge in [-0.25, -0.2) is 0 Å². The Balaban J connectivity index is 2.54. The van der Waals surface area contributed by atoms with Gasteiger partial charge in [-0.05, 0) is 50.1 Å². The highest BCUT2D eigenvalue weighted by Crippen LogP contribution is 2.25. The van der Waals surface area contributed by atoms with Crippen LogP contribution >= 0.6 is 11.6 Å². The molecule has 21 heavy (non-hydrogen) atoms. The summed E-state index contributed by atoms with van der Waals surface area (Å²) in [6.45, 7) is 5.09. The van der Waals surface area contributed by atoms with Crippen LogP contribution in [0.2, 0.25) is 0 Å². The van der Waals surface area contributed by atoms with Gasteiger partial charge >= 0.3 is 0 Å². The van der Waals surface area contributed by atoms with Gasteiger partial charge in [0.05, 0.1) is 15.6 Å². The SMILES string of the molecule is CC1=CC(=O)C(Cl)=C(C)/C1=N/S(=O)(=O)c1ccc(C)cc1. The van der Waals surface area contributed by atoms with Crippen molar-refractivity contribution in [2.45, 2.75) is 25.7 Å². The maximum Gasteiger partial charge on any atom is 0.282 e. The number of allylic oxidation sites excluding steroid dienone is 4. The number of carbonyl (C=O) groups is 1. The van der Waals surface area contributed by atoms with E-state index in [1.165, 1.54) is 18.2 Å². The number of halogens is 1. The van der Waals surface area contributed by atoms with Crippen LogP contribution in [0.15, 0.2) is 55.8 Å². The predicted octanol–water partition coefficient (Wildman–Crippen LogP) is 3.17. The zero-order chi connectivity index (χ0) is 15.8. The third kappa shape index (κ3) is 3.14. The Morgan fingerprint density at radius 1 is 1.05 bits per heavy atom. The second kappa shape index (κ2) is 5.58. The van der Waals surface area contributed by atoms with Crippen LogP contribution in [0.25, 0.3) is 0 Å². The summed E-state index contributed by atoms with van der Waals surface area (Å²) in [7, 11) is -3.84. The third-order valence-corrected chi connectivity index (χ3v) is 4.91. The van der Waals surface area contributed by atoms with Crippen LogP contribution in [0, 0.1) is 6.92 Å². The van der Waals surface area contributed by atoms with Crippen LogP contribution in [-0.2, 0) is 14.8 Å². The molecule has 1 aromatic rings. The first-order valence-electron chi connectivity index (χ1n) is 6.24. The first-order chi connectivity index (χ1) is 9.72. The second-order valence-electron chi connectivity index (χ2n) is 4.86. The van der Waals surface area contributed by atoms with Gasteiger partial charge < -0.3 is 0 Å². The summed E-state index contributed by atoms with van der Waals surface area (Å²) in [5.41, 5.74) is 2.04. The van der Waals surface area contributed by atoms with Crippen molar-refractivity contribution in [2.24, 2.45) is 4.40 Å². The molecule has 0 radical (unpaired) electrons. The summed E-state index contributed by atoms with van der Waals surface area (Å²) in [6.07, 6.45) is 1.29. The van der Waals surface area contributed by atoms with Gasteiger partial charge in [0.1, 0.15) is 0 Å². The number of sulfonamides is 1. The van der Waals surface area contributed by atoms with Crippen LogP contribution in [0.4, 0.5) is 0 Å². The number of aryl methyl sites for hydroxylation is 1. The van der Waals surface area contributed by atoms with Crippen LogP contribution in [0.5, 0.6) is 0 Å². The maximum atomic E-state index is 12.3. The fourth-order valence-corrected chi connectivity index (χ4v) is 3.19. The van der Waals surface area contributed by atoms with E-state index in [0.29, 0.717) is 11.1 Å². The lowest BCUT2D eigenvalue weighted by molar-refractivity contribution is -0.110. The van der Waals surface area contributed by atoms with Crippen LogP contribution < -0.4 is 0 Å². The Hall–Kier alpha value is -1.72. The standard InChI is InChI=1S/C15H14ClNO3S/c1-9-4-6-12(7-5-9)21(19,20)17-15-10(2)8-13(18)14(16)11(15)3/h4-8H,1-3H3/b17-15+. The fraction of sp³-hybridized carbons (Fsp3) is 0.200. The first-order valence-corrected chi connectivity index (χ1v) is 8.05. The molecule has 1 aromatic carbocycles. The Kier molecular flexibility index (Phi) is 4.16. The maximum absolute atomic E-state index is 12.3. The van der Waals surface area contributed by atoms with Crippen molar-refractivity contribution >= 4 is 33.1 Å². The summed E-state index contributed by atoms with van der Waals surface area (Å²) in [5, 5.41) is -0.00143. The largest absolute Gasteiger partial charge is 0.288 e. The third-order valence-electron chi connectivity index (χ3n) is 3.15. The average molecular weight is 324 g/mol. The summed E-state index contributed by atoms with van der Waals surface area (Å²) in [6, 6.07) is 6.41. The van der Waals surface area contributed by atoms with Crippen LogP contribution in [0.3, 0.4) is 0 Å². The van der Waals surface area contributed by atoms with Gasteiger partial charge in [-0.1, -0.05) is 29.3 Å². The van der Waals surface area contributed by atoms with Crippen molar-refractivity contribution in [3.8, 4) is 0 Å². The molecule has 0 saturated carbocycles. The number of hydrogen-bond acceptors (Lipinski definition) is 3. The number of benzene rings is 1. The van der Waals surface area contributed by atoms with Gasteiger partial charge in [0.15, 0.2) is 5.78 Å². The van der Waals surface area contributed by atoms with Crippen molar-refractivity contribution in [1.82, 2.24) is 0 Å². The van der Waals surface area contributed by atoms with E-state index in [2.05, 4.69) is 4.40 Å². The van der Waals surface area contributed by atoms with E-state index in [4.69, 9.17) is 11.6 Å². The molecule has 0 unspecified atom stereocenters. The Bertz CT molecular complexity index is 800. The number of carbonyl (C=O) groups excluding carboxylic acids is 1. The van der Waals surface area contributed by atoms with Crippen LogP contribution in [0.1, 0.15) is 19.4 Å². The molecular formula is C15H14ClNO3S. The van der Waals surface area contributed by atoms with Crippen molar-refractivity contribution in [3.05, 3.63) is 52.1 Å². The van der Waals surface area contributed by atoms with Crippen molar-refractivity contribution < 1.29 is 13.2 Å². The summed E-state index contributed by atoms with van der Waals surface area (Å²) in [5.74, 6) is -0.335. The molecule has 0 saturated heterocycles. The van der Waals surface area contributed by atoms with Gasteiger partial charge in [0.25, 0.3) is 10.0 Å². The molecule has 2 rings (SSSR count). The topological polar surface area (TPSA) is 63.6 Å². The highest BCUT2D eigenvalue weighted by atomic mass is 35.5. The van der Waals surface area contributed by atoms with Crippen molar-refractivity contribution in [2.75, 3.05) is 0 Å². The molecule has 1 aliphatic carbocycles. The van der Waals surface area contributed by atoms with Crippen molar-refractivity contribution in [1.29, 1.82) is 0 Å². The molecule has 0 fully saturated rings. The zero-order valence-corrected chi connectivity index (χ0v) is 13.4. The first kappa shape index (κ1) is 15.7. The monoisotopic (exact) mass is 323 g/mol. The molecule has 0 amide bonds. The number of nitrogens with zero attached hydrogens (tertiary/aromatic N) is 1. The van der Waals surface area contributed by atoms with E-state index in [0.717, 1.165) is 5.56 Å². The van der Waals surface area contributed by atoms with Gasteiger partial charge in [0, 0.05) is 0 Å². The summed E-state index contributed by atoms with van der Waals surface area (Å²) >= 11 is 5.88.